The van der Waals surface area contributed by atoms with Crippen LogP contribution in [0.15, 0.2) is 12.2 Å². The fraction of sp³-hybridized carbons (Fsp3) is 0.800. The van der Waals surface area contributed by atoms with Crippen molar-refractivity contribution in [2.75, 3.05) is 0 Å². The molecule has 0 radical (unpaired) electrons. The van der Waals surface area contributed by atoms with E-state index in [-0.39, 0.29) is 29.0 Å². The summed E-state index contributed by atoms with van der Waals surface area (Å²) in [6.07, 6.45) is 0.943. The van der Waals surface area contributed by atoms with E-state index in [2.05, 4.69) is 20.4 Å². The zero-order valence-electron chi connectivity index (χ0n) is 11.6. The first-order chi connectivity index (χ1) is 7.60. The molecule has 2 fully saturated rings. The summed E-state index contributed by atoms with van der Waals surface area (Å²) in [6.45, 7) is 13.9. The first-order valence-electron chi connectivity index (χ1n) is 6.49. The van der Waals surface area contributed by atoms with Gasteiger partial charge in [0.2, 0.25) is 0 Å². The number of hydrogen-bond donors (Lipinski definition) is 1. The zero-order chi connectivity index (χ0) is 13.2. The van der Waals surface area contributed by atoms with Gasteiger partial charge < -0.3 is 5.11 Å². The number of ketones is 1. The maximum Gasteiger partial charge on any atom is 0.133 e. The number of fused-ring (bicyclic) bond motifs is 1. The first-order valence-corrected chi connectivity index (χ1v) is 6.49. The molecule has 1 N–H and O–H groups in total. The molecule has 0 bridgehead atoms. The van der Waals surface area contributed by atoms with Crippen LogP contribution in [0.4, 0.5) is 0 Å². The Labute approximate surface area is 104 Å². The molecule has 5 atom stereocenters. The van der Waals surface area contributed by atoms with Crippen molar-refractivity contribution in [1.82, 2.24) is 0 Å². The largest absolute Gasteiger partial charge is 0.389 e. The highest BCUT2D eigenvalue weighted by atomic mass is 16.3. The van der Waals surface area contributed by atoms with Gasteiger partial charge in [0.25, 0.3) is 0 Å². The lowest BCUT2D eigenvalue weighted by molar-refractivity contribution is -0.169. The predicted molar refractivity (Wildman–Crippen MR) is 68.5 cm³/mol. The number of Topliss-reactive ketones (excluding diaryl/α,β-unsaturated/α-hetero) is 1. The molecule has 0 aromatic rings. The third-order valence-electron chi connectivity index (χ3n) is 5.17. The van der Waals surface area contributed by atoms with Gasteiger partial charge in [0.15, 0.2) is 0 Å². The molecular weight excluding hydrogens is 212 g/mol. The van der Waals surface area contributed by atoms with Crippen LogP contribution in [-0.4, -0.2) is 16.5 Å². The van der Waals surface area contributed by atoms with Crippen molar-refractivity contribution in [2.24, 2.45) is 29.1 Å². The summed E-state index contributed by atoms with van der Waals surface area (Å²) in [6, 6.07) is 0. The Bertz CT molecular complexity index is 376. The smallest absolute Gasteiger partial charge is 0.133 e. The molecular formula is C15H24O2. The highest BCUT2D eigenvalue weighted by Gasteiger charge is 2.68. The van der Waals surface area contributed by atoms with Gasteiger partial charge in [-0.2, -0.15) is 0 Å². The molecule has 0 aromatic heterocycles. The monoisotopic (exact) mass is 236 g/mol. The molecule has 17 heavy (non-hydrogen) atoms. The standard InChI is InChI=1S/C15H24O2/c1-8(2)12-11-10(15(12,6)17)7-14(4,5)13(11)9(3)16/h10-13,17H,1,7H2,2-6H3. The van der Waals surface area contributed by atoms with Crippen LogP contribution in [0.5, 0.6) is 0 Å². The summed E-state index contributed by atoms with van der Waals surface area (Å²) in [4.78, 5) is 11.9. The summed E-state index contributed by atoms with van der Waals surface area (Å²) in [5.74, 6) is 0.991. The van der Waals surface area contributed by atoms with Gasteiger partial charge in [-0.25, -0.2) is 0 Å². The third-order valence-corrected chi connectivity index (χ3v) is 5.17. The van der Waals surface area contributed by atoms with Crippen molar-refractivity contribution in [2.45, 2.75) is 46.6 Å². The summed E-state index contributed by atoms with van der Waals surface area (Å²) < 4.78 is 0. The maximum atomic E-state index is 11.9. The number of carbonyl (C=O) groups is 1. The van der Waals surface area contributed by atoms with E-state index in [0.717, 1.165) is 12.0 Å². The van der Waals surface area contributed by atoms with E-state index < -0.39 is 5.60 Å². The Morgan fingerprint density at radius 3 is 2.18 bits per heavy atom. The molecule has 2 saturated carbocycles. The molecule has 2 heteroatoms. The van der Waals surface area contributed by atoms with E-state index in [1.807, 2.05) is 13.8 Å². The van der Waals surface area contributed by atoms with Crippen LogP contribution in [0.25, 0.3) is 0 Å². The minimum Gasteiger partial charge on any atom is -0.389 e. The second-order valence-electron chi connectivity index (χ2n) is 7.01. The van der Waals surface area contributed by atoms with Gasteiger partial charge in [0.05, 0.1) is 5.60 Å². The summed E-state index contributed by atoms with van der Waals surface area (Å²) in [5, 5.41) is 10.6. The number of aliphatic hydroxyl groups is 1. The first kappa shape index (κ1) is 12.8. The number of hydrogen-bond acceptors (Lipinski definition) is 2. The molecule has 0 heterocycles. The zero-order valence-corrected chi connectivity index (χ0v) is 11.6. The molecule has 96 valence electrons. The Morgan fingerprint density at radius 2 is 1.76 bits per heavy atom. The highest BCUT2D eigenvalue weighted by Crippen LogP contribution is 2.67. The quantitative estimate of drug-likeness (QED) is 0.749. The van der Waals surface area contributed by atoms with E-state index in [9.17, 15) is 9.90 Å². The summed E-state index contributed by atoms with van der Waals surface area (Å²) >= 11 is 0. The van der Waals surface area contributed by atoms with Gasteiger partial charge >= 0.3 is 0 Å². The Morgan fingerprint density at radius 1 is 1.24 bits per heavy atom. The van der Waals surface area contributed by atoms with Crippen molar-refractivity contribution in [3.63, 3.8) is 0 Å². The molecule has 2 nitrogen and oxygen atoms in total. The van der Waals surface area contributed by atoms with Gasteiger partial charge in [0, 0.05) is 11.8 Å². The van der Waals surface area contributed by atoms with E-state index in [0.29, 0.717) is 5.92 Å². The SMILES string of the molecule is C=C(C)C1C2C(C(C)=O)C(C)(C)CC2C1(C)O. The lowest BCUT2D eigenvalue weighted by Gasteiger charge is -2.56. The summed E-state index contributed by atoms with van der Waals surface area (Å²) in [5.41, 5.74) is 0.355. The van der Waals surface area contributed by atoms with Gasteiger partial charge in [-0.05, 0) is 44.4 Å². The van der Waals surface area contributed by atoms with E-state index in [1.165, 1.54) is 0 Å². The van der Waals surface area contributed by atoms with E-state index in [4.69, 9.17) is 0 Å². The van der Waals surface area contributed by atoms with Crippen molar-refractivity contribution >= 4 is 5.78 Å². The maximum absolute atomic E-state index is 11.9. The van der Waals surface area contributed by atoms with Gasteiger partial charge in [0.1, 0.15) is 5.78 Å². The Balaban J connectivity index is 2.39. The van der Waals surface area contributed by atoms with Gasteiger partial charge in [-0.15, -0.1) is 0 Å². The molecule has 0 saturated heterocycles. The van der Waals surface area contributed by atoms with Crippen molar-refractivity contribution in [3.05, 3.63) is 12.2 Å². The van der Waals surface area contributed by atoms with Crippen LogP contribution in [0.1, 0.15) is 41.0 Å². The Kier molecular flexibility index (Phi) is 2.59. The van der Waals surface area contributed by atoms with Gasteiger partial charge in [-0.3, -0.25) is 4.79 Å². The molecule has 5 unspecified atom stereocenters. The van der Waals surface area contributed by atoms with Gasteiger partial charge in [-0.1, -0.05) is 26.0 Å². The lowest BCUT2D eigenvalue weighted by atomic mass is 9.51. The van der Waals surface area contributed by atoms with Crippen molar-refractivity contribution in [3.8, 4) is 0 Å². The molecule has 0 aliphatic heterocycles. The third kappa shape index (κ3) is 1.53. The molecule has 2 aliphatic rings. The normalized spacial score (nSPS) is 47.2. The Hall–Kier alpha value is -0.630. The van der Waals surface area contributed by atoms with Crippen LogP contribution >= 0.6 is 0 Å². The molecule has 0 aromatic carbocycles. The minimum absolute atomic E-state index is 0.00928. The number of carbonyl (C=O) groups excluding carboxylic acids is 1. The fourth-order valence-corrected chi connectivity index (χ4v) is 4.75. The molecule has 0 spiro atoms. The second-order valence-corrected chi connectivity index (χ2v) is 7.01. The minimum atomic E-state index is -0.669. The van der Waals surface area contributed by atoms with Crippen LogP contribution in [0, 0.1) is 29.1 Å². The van der Waals surface area contributed by atoms with Crippen LogP contribution < -0.4 is 0 Å². The fourth-order valence-electron chi connectivity index (χ4n) is 4.75. The lowest BCUT2D eigenvalue weighted by Crippen LogP contribution is -2.60. The van der Waals surface area contributed by atoms with Crippen LogP contribution in [0.2, 0.25) is 0 Å². The summed E-state index contributed by atoms with van der Waals surface area (Å²) in [7, 11) is 0. The van der Waals surface area contributed by atoms with Crippen molar-refractivity contribution < 1.29 is 9.90 Å². The second kappa shape index (κ2) is 3.44. The highest BCUT2D eigenvalue weighted by molar-refractivity contribution is 5.80. The van der Waals surface area contributed by atoms with Crippen LogP contribution in [0.3, 0.4) is 0 Å². The molecule has 0 amide bonds. The molecule has 2 aliphatic carbocycles. The topological polar surface area (TPSA) is 37.3 Å². The molecule has 2 rings (SSSR count). The van der Waals surface area contributed by atoms with Crippen LogP contribution in [-0.2, 0) is 4.79 Å². The van der Waals surface area contributed by atoms with E-state index in [1.54, 1.807) is 6.92 Å². The van der Waals surface area contributed by atoms with E-state index >= 15 is 0 Å². The average Bonchev–Trinajstić information content (AvgIpc) is 2.35. The average molecular weight is 236 g/mol. The predicted octanol–water partition coefficient (Wildman–Crippen LogP) is 2.81. The number of rotatable bonds is 2. The van der Waals surface area contributed by atoms with Crippen molar-refractivity contribution in [1.29, 1.82) is 0 Å².